The number of carbonyl (C=O) groups is 2. The van der Waals surface area contributed by atoms with Crippen molar-refractivity contribution < 1.29 is 19.1 Å². The van der Waals surface area contributed by atoms with Gasteiger partial charge in [0.05, 0.1) is 25.8 Å². The molecule has 0 aliphatic rings. The third-order valence-corrected chi connectivity index (χ3v) is 3.80. The summed E-state index contributed by atoms with van der Waals surface area (Å²) in [7, 11) is 1.58. The van der Waals surface area contributed by atoms with Gasteiger partial charge in [0, 0.05) is 11.3 Å². The van der Waals surface area contributed by atoms with Crippen molar-refractivity contribution in [3.8, 4) is 5.75 Å². The number of aryl methyl sites for hydroxylation is 1. The lowest BCUT2D eigenvalue weighted by molar-refractivity contribution is -0.142. The number of ether oxygens (including phenoxy) is 2. The molecule has 5 heteroatoms. The minimum atomic E-state index is -0.291. The van der Waals surface area contributed by atoms with E-state index < -0.39 is 0 Å². The zero-order valence-electron chi connectivity index (χ0n) is 13.9. The van der Waals surface area contributed by atoms with Crippen molar-refractivity contribution in [1.29, 1.82) is 0 Å². The van der Waals surface area contributed by atoms with Crippen molar-refractivity contribution in [2.45, 2.75) is 27.2 Å². The lowest BCUT2D eigenvalue weighted by Gasteiger charge is -2.04. The molecular weight excluding hydrogens is 294 g/mol. The molecule has 1 aromatic carbocycles. The SMILES string of the molecule is CCOC(=O)Cc1c(C)[nH]c(C(=O)c2ccc(OC)cc2)c1C. The van der Waals surface area contributed by atoms with Crippen LogP contribution < -0.4 is 4.74 Å². The normalized spacial score (nSPS) is 10.4. The smallest absolute Gasteiger partial charge is 0.310 e. The first-order valence-corrected chi connectivity index (χ1v) is 7.50. The van der Waals surface area contributed by atoms with Crippen LogP contribution in [0.3, 0.4) is 0 Å². The fourth-order valence-corrected chi connectivity index (χ4v) is 2.52. The molecule has 0 saturated heterocycles. The standard InChI is InChI=1S/C18H21NO4/c1-5-23-16(20)10-15-11(2)17(19-12(15)3)18(21)13-6-8-14(22-4)9-7-13/h6-9,19H,5,10H2,1-4H3. The highest BCUT2D eigenvalue weighted by Gasteiger charge is 2.20. The number of ketones is 1. The van der Waals surface area contributed by atoms with Gasteiger partial charge >= 0.3 is 5.97 Å². The van der Waals surface area contributed by atoms with Gasteiger partial charge in [-0.15, -0.1) is 0 Å². The Morgan fingerprint density at radius 2 is 1.78 bits per heavy atom. The van der Waals surface area contributed by atoms with Crippen LogP contribution in [0.2, 0.25) is 0 Å². The average Bonchev–Trinajstić information content (AvgIpc) is 2.82. The molecule has 0 unspecified atom stereocenters. The number of methoxy groups -OCH3 is 1. The summed E-state index contributed by atoms with van der Waals surface area (Å²) in [5, 5.41) is 0. The van der Waals surface area contributed by atoms with Crippen LogP contribution in [0.4, 0.5) is 0 Å². The number of hydrogen-bond acceptors (Lipinski definition) is 4. The molecule has 0 fully saturated rings. The average molecular weight is 315 g/mol. The third-order valence-electron chi connectivity index (χ3n) is 3.80. The van der Waals surface area contributed by atoms with Crippen molar-refractivity contribution in [2.75, 3.05) is 13.7 Å². The molecule has 23 heavy (non-hydrogen) atoms. The third kappa shape index (κ3) is 3.62. The largest absolute Gasteiger partial charge is 0.497 e. The summed E-state index contributed by atoms with van der Waals surface area (Å²) >= 11 is 0. The van der Waals surface area contributed by atoms with Gasteiger partial charge in [0.15, 0.2) is 0 Å². The number of hydrogen-bond donors (Lipinski definition) is 1. The van der Waals surface area contributed by atoms with E-state index in [0.717, 1.165) is 16.8 Å². The predicted molar refractivity (Wildman–Crippen MR) is 87.0 cm³/mol. The topological polar surface area (TPSA) is 68.4 Å². The monoisotopic (exact) mass is 315 g/mol. The molecule has 0 bridgehead atoms. The van der Waals surface area contributed by atoms with Crippen LogP contribution in [0, 0.1) is 13.8 Å². The number of aromatic amines is 1. The Morgan fingerprint density at radius 3 is 2.35 bits per heavy atom. The van der Waals surface area contributed by atoms with E-state index in [9.17, 15) is 9.59 Å². The van der Waals surface area contributed by atoms with E-state index >= 15 is 0 Å². The van der Waals surface area contributed by atoms with Gasteiger partial charge in [-0.3, -0.25) is 9.59 Å². The van der Waals surface area contributed by atoms with Gasteiger partial charge < -0.3 is 14.5 Å². The highest BCUT2D eigenvalue weighted by molar-refractivity contribution is 6.09. The van der Waals surface area contributed by atoms with Crippen molar-refractivity contribution in [3.05, 3.63) is 52.3 Å². The zero-order valence-corrected chi connectivity index (χ0v) is 13.9. The fourth-order valence-electron chi connectivity index (χ4n) is 2.52. The minimum Gasteiger partial charge on any atom is -0.497 e. The van der Waals surface area contributed by atoms with Gasteiger partial charge in [0.25, 0.3) is 0 Å². The van der Waals surface area contributed by atoms with Gasteiger partial charge in [-0.1, -0.05) is 0 Å². The number of carbonyl (C=O) groups excluding carboxylic acids is 2. The Hall–Kier alpha value is -2.56. The molecule has 0 aliphatic carbocycles. The molecule has 0 amide bonds. The van der Waals surface area contributed by atoms with Crippen LogP contribution >= 0.6 is 0 Å². The van der Waals surface area contributed by atoms with E-state index in [4.69, 9.17) is 9.47 Å². The number of nitrogens with one attached hydrogen (secondary N) is 1. The Kier molecular flexibility index (Phi) is 5.21. The molecule has 2 rings (SSSR count). The second-order valence-electron chi connectivity index (χ2n) is 5.27. The molecule has 0 radical (unpaired) electrons. The van der Waals surface area contributed by atoms with Crippen LogP contribution in [-0.4, -0.2) is 30.5 Å². The van der Waals surface area contributed by atoms with Crippen molar-refractivity contribution in [1.82, 2.24) is 4.98 Å². The molecule has 2 aromatic rings. The number of H-pyrrole nitrogens is 1. The Bertz CT molecular complexity index is 713. The molecule has 1 aromatic heterocycles. The van der Waals surface area contributed by atoms with Gasteiger partial charge in [-0.2, -0.15) is 0 Å². The second-order valence-corrected chi connectivity index (χ2v) is 5.27. The maximum absolute atomic E-state index is 12.7. The number of rotatable bonds is 6. The van der Waals surface area contributed by atoms with Gasteiger partial charge in [0.1, 0.15) is 5.75 Å². The first-order chi connectivity index (χ1) is 11.0. The highest BCUT2D eigenvalue weighted by Crippen LogP contribution is 2.22. The van der Waals surface area contributed by atoms with Gasteiger partial charge in [-0.05, 0) is 56.2 Å². The van der Waals surface area contributed by atoms with Gasteiger partial charge in [0.2, 0.25) is 5.78 Å². The Labute approximate surface area is 135 Å². The van der Waals surface area contributed by atoms with Crippen molar-refractivity contribution in [2.24, 2.45) is 0 Å². The number of esters is 1. The lowest BCUT2D eigenvalue weighted by Crippen LogP contribution is -2.09. The van der Waals surface area contributed by atoms with Crippen LogP contribution in [0.25, 0.3) is 0 Å². The van der Waals surface area contributed by atoms with E-state index in [2.05, 4.69) is 4.98 Å². The molecule has 0 spiro atoms. The van der Waals surface area contributed by atoms with E-state index in [0.29, 0.717) is 23.6 Å². The van der Waals surface area contributed by atoms with Crippen LogP contribution in [-0.2, 0) is 16.0 Å². The molecule has 1 N–H and O–H groups in total. The summed E-state index contributed by atoms with van der Waals surface area (Å²) in [4.78, 5) is 27.5. The van der Waals surface area contributed by atoms with E-state index in [1.54, 1.807) is 38.3 Å². The Balaban J connectivity index is 2.29. The summed E-state index contributed by atoms with van der Waals surface area (Å²) in [6.45, 7) is 5.81. The number of benzene rings is 1. The lowest BCUT2D eigenvalue weighted by atomic mass is 10.0. The fraction of sp³-hybridized carbons (Fsp3) is 0.333. The summed E-state index contributed by atoms with van der Waals surface area (Å²) in [5.41, 5.74) is 3.49. The summed E-state index contributed by atoms with van der Waals surface area (Å²) in [6, 6.07) is 6.94. The molecule has 5 nitrogen and oxygen atoms in total. The number of aromatic nitrogens is 1. The van der Waals surface area contributed by atoms with E-state index in [-0.39, 0.29) is 18.2 Å². The summed E-state index contributed by atoms with van der Waals surface area (Å²) in [5.74, 6) is 0.299. The molecule has 1 heterocycles. The molecular formula is C18H21NO4. The first-order valence-electron chi connectivity index (χ1n) is 7.50. The van der Waals surface area contributed by atoms with Crippen LogP contribution in [0.1, 0.15) is 39.8 Å². The van der Waals surface area contributed by atoms with E-state index in [1.165, 1.54) is 0 Å². The maximum Gasteiger partial charge on any atom is 0.310 e. The molecule has 122 valence electrons. The van der Waals surface area contributed by atoms with Crippen molar-refractivity contribution >= 4 is 11.8 Å². The molecule has 0 aliphatic heterocycles. The zero-order chi connectivity index (χ0) is 17.0. The predicted octanol–water partition coefficient (Wildman–Crippen LogP) is 2.98. The summed E-state index contributed by atoms with van der Waals surface area (Å²) in [6.07, 6.45) is 0.165. The summed E-state index contributed by atoms with van der Waals surface area (Å²) < 4.78 is 10.1. The molecule has 0 atom stereocenters. The van der Waals surface area contributed by atoms with E-state index in [1.807, 2.05) is 13.8 Å². The quantitative estimate of drug-likeness (QED) is 0.657. The maximum atomic E-state index is 12.7. The van der Waals surface area contributed by atoms with Crippen LogP contribution in [0.15, 0.2) is 24.3 Å². The molecule has 0 saturated carbocycles. The van der Waals surface area contributed by atoms with Crippen LogP contribution in [0.5, 0.6) is 5.75 Å². The highest BCUT2D eigenvalue weighted by atomic mass is 16.5. The van der Waals surface area contributed by atoms with Crippen molar-refractivity contribution in [3.63, 3.8) is 0 Å². The first kappa shape index (κ1) is 16.8. The minimum absolute atomic E-state index is 0.108. The van der Waals surface area contributed by atoms with Gasteiger partial charge in [-0.25, -0.2) is 0 Å². The Morgan fingerprint density at radius 1 is 1.13 bits per heavy atom. The second kappa shape index (κ2) is 7.13.